The first-order valence-electron chi connectivity index (χ1n) is 10.5. The standard InChI is InChI=1S/C24H25FN2O6/c1-15-5-6-17(23(30)32-2)12-20(15)26-21(28)14-33-24(31)18-4-3-11-27(13-18)22(29)16-7-9-19(25)10-8-16/h5-10,12,18H,3-4,11,13-14H2,1-2H3,(H,26,28). The summed E-state index contributed by atoms with van der Waals surface area (Å²) in [4.78, 5) is 50.6. The Labute approximate surface area is 190 Å². The van der Waals surface area contributed by atoms with Gasteiger partial charge in [-0.3, -0.25) is 14.4 Å². The molecule has 0 bridgehead atoms. The molecule has 2 aromatic carbocycles. The minimum Gasteiger partial charge on any atom is -0.465 e. The Bertz CT molecular complexity index is 1050. The van der Waals surface area contributed by atoms with Crippen LogP contribution in [0.2, 0.25) is 0 Å². The van der Waals surface area contributed by atoms with Crippen molar-refractivity contribution < 1.29 is 33.0 Å². The van der Waals surface area contributed by atoms with Crippen LogP contribution in [-0.4, -0.2) is 55.5 Å². The number of nitrogens with zero attached hydrogens (tertiary/aromatic N) is 1. The zero-order chi connectivity index (χ0) is 24.0. The molecule has 3 rings (SSSR count). The highest BCUT2D eigenvalue weighted by molar-refractivity contribution is 5.97. The smallest absolute Gasteiger partial charge is 0.337 e. The van der Waals surface area contributed by atoms with Crippen LogP contribution in [0.5, 0.6) is 0 Å². The van der Waals surface area contributed by atoms with Crippen molar-refractivity contribution in [1.82, 2.24) is 4.90 Å². The second-order valence-electron chi connectivity index (χ2n) is 7.77. The second kappa shape index (κ2) is 10.7. The minimum absolute atomic E-state index is 0.164. The number of likely N-dealkylation sites (tertiary alicyclic amines) is 1. The van der Waals surface area contributed by atoms with E-state index >= 15 is 0 Å². The lowest BCUT2D eigenvalue weighted by Crippen LogP contribution is -2.43. The number of aryl methyl sites for hydroxylation is 1. The Kier molecular flexibility index (Phi) is 7.76. The molecule has 0 radical (unpaired) electrons. The van der Waals surface area contributed by atoms with E-state index in [0.717, 1.165) is 5.56 Å². The third kappa shape index (κ3) is 6.15. The third-order valence-electron chi connectivity index (χ3n) is 5.41. The Morgan fingerprint density at radius 2 is 1.79 bits per heavy atom. The zero-order valence-corrected chi connectivity index (χ0v) is 18.4. The highest BCUT2D eigenvalue weighted by Gasteiger charge is 2.30. The van der Waals surface area contributed by atoms with E-state index in [-0.39, 0.29) is 18.0 Å². The fraction of sp³-hybridized carbons (Fsp3) is 0.333. The van der Waals surface area contributed by atoms with Crippen molar-refractivity contribution in [1.29, 1.82) is 0 Å². The van der Waals surface area contributed by atoms with E-state index in [1.165, 1.54) is 42.3 Å². The van der Waals surface area contributed by atoms with Crippen molar-refractivity contribution in [2.24, 2.45) is 5.92 Å². The average molecular weight is 456 g/mol. The molecule has 8 nitrogen and oxygen atoms in total. The van der Waals surface area contributed by atoms with Crippen molar-refractivity contribution in [3.63, 3.8) is 0 Å². The molecule has 1 N–H and O–H groups in total. The first kappa shape index (κ1) is 23.9. The van der Waals surface area contributed by atoms with Crippen molar-refractivity contribution in [2.45, 2.75) is 19.8 Å². The predicted octanol–water partition coefficient (Wildman–Crippen LogP) is 2.95. The molecule has 1 aliphatic rings. The number of nitrogens with one attached hydrogen (secondary N) is 1. The third-order valence-corrected chi connectivity index (χ3v) is 5.41. The number of hydrogen-bond acceptors (Lipinski definition) is 6. The van der Waals surface area contributed by atoms with Crippen LogP contribution in [0.4, 0.5) is 10.1 Å². The van der Waals surface area contributed by atoms with Gasteiger partial charge in [0.2, 0.25) is 0 Å². The number of carbonyl (C=O) groups excluding carboxylic acids is 4. The van der Waals surface area contributed by atoms with E-state index < -0.39 is 36.2 Å². The van der Waals surface area contributed by atoms with Crippen LogP contribution >= 0.6 is 0 Å². The summed E-state index contributed by atoms with van der Waals surface area (Å²) >= 11 is 0. The number of amides is 2. The molecule has 9 heteroatoms. The summed E-state index contributed by atoms with van der Waals surface area (Å²) in [5.41, 5.74) is 1.76. The largest absolute Gasteiger partial charge is 0.465 e. The van der Waals surface area contributed by atoms with Gasteiger partial charge in [-0.05, 0) is 61.7 Å². The van der Waals surface area contributed by atoms with Crippen LogP contribution in [0.25, 0.3) is 0 Å². The maximum Gasteiger partial charge on any atom is 0.337 e. The summed E-state index contributed by atoms with van der Waals surface area (Å²) in [5.74, 6) is -2.93. The molecule has 1 fully saturated rings. The Morgan fingerprint density at radius 1 is 1.09 bits per heavy atom. The predicted molar refractivity (Wildman–Crippen MR) is 117 cm³/mol. The highest BCUT2D eigenvalue weighted by Crippen LogP contribution is 2.21. The maximum atomic E-state index is 13.1. The van der Waals surface area contributed by atoms with Gasteiger partial charge in [0.15, 0.2) is 6.61 Å². The van der Waals surface area contributed by atoms with Crippen LogP contribution in [0.15, 0.2) is 42.5 Å². The Balaban J connectivity index is 1.54. The summed E-state index contributed by atoms with van der Waals surface area (Å²) < 4.78 is 23.0. The van der Waals surface area contributed by atoms with E-state index in [9.17, 15) is 23.6 Å². The van der Waals surface area contributed by atoms with E-state index in [1.807, 2.05) is 0 Å². The van der Waals surface area contributed by atoms with Crippen LogP contribution < -0.4 is 5.32 Å². The summed E-state index contributed by atoms with van der Waals surface area (Å²) in [6, 6.07) is 9.97. The van der Waals surface area contributed by atoms with Crippen LogP contribution in [-0.2, 0) is 19.1 Å². The number of methoxy groups -OCH3 is 1. The molecular weight excluding hydrogens is 431 g/mol. The van der Waals surface area contributed by atoms with Gasteiger partial charge in [0, 0.05) is 24.3 Å². The zero-order valence-electron chi connectivity index (χ0n) is 18.4. The highest BCUT2D eigenvalue weighted by atomic mass is 19.1. The lowest BCUT2D eigenvalue weighted by molar-refractivity contribution is -0.152. The summed E-state index contributed by atoms with van der Waals surface area (Å²) in [6.07, 6.45) is 1.15. The number of carbonyl (C=O) groups is 4. The van der Waals surface area contributed by atoms with E-state index in [0.29, 0.717) is 30.6 Å². The number of ether oxygens (including phenoxy) is 2. The number of hydrogen-bond donors (Lipinski definition) is 1. The molecule has 0 aliphatic carbocycles. The first-order valence-corrected chi connectivity index (χ1v) is 10.5. The minimum atomic E-state index is -0.568. The molecule has 2 amide bonds. The van der Waals surface area contributed by atoms with Gasteiger partial charge in [-0.25, -0.2) is 9.18 Å². The fourth-order valence-corrected chi connectivity index (χ4v) is 3.57. The molecule has 1 heterocycles. The van der Waals surface area contributed by atoms with E-state index in [1.54, 1.807) is 19.1 Å². The van der Waals surface area contributed by atoms with Crippen molar-refractivity contribution in [3.8, 4) is 0 Å². The molecule has 174 valence electrons. The number of anilines is 1. The molecule has 1 aliphatic heterocycles. The van der Waals surface area contributed by atoms with Crippen molar-refractivity contribution >= 4 is 29.4 Å². The number of halogens is 1. The van der Waals surface area contributed by atoms with Crippen LogP contribution in [0.1, 0.15) is 39.1 Å². The van der Waals surface area contributed by atoms with Gasteiger partial charge in [-0.1, -0.05) is 6.07 Å². The van der Waals surface area contributed by atoms with Crippen molar-refractivity contribution in [3.05, 3.63) is 65.0 Å². The molecule has 1 unspecified atom stereocenters. The lowest BCUT2D eigenvalue weighted by atomic mass is 9.97. The van der Waals surface area contributed by atoms with E-state index in [2.05, 4.69) is 10.1 Å². The molecule has 33 heavy (non-hydrogen) atoms. The SMILES string of the molecule is COC(=O)c1ccc(C)c(NC(=O)COC(=O)C2CCCN(C(=O)c3ccc(F)cc3)C2)c1. The van der Waals surface area contributed by atoms with Gasteiger partial charge < -0.3 is 19.7 Å². The molecule has 0 saturated carbocycles. The Morgan fingerprint density at radius 3 is 2.48 bits per heavy atom. The molecule has 0 aromatic heterocycles. The summed E-state index contributed by atoms with van der Waals surface area (Å²) in [7, 11) is 1.26. The normalized spacial score (nSPS) is 15.5. The fourth-order valence-electron chi connectivity index (χ4n) is 3.57. The number of rotatable bonds is 6. The molecule has 0 spiro atoms. The summed E-state index contributed by atoms with van der Waals surface area (Å²) in [6.45, 7) is 1.91. The van der Waals surface area contributed by atoms with Gasteiger partial charge in [0.25, 0.3) is 11.8 Å². The maximum absolute atomic E-state index is 13.1. The molecular formula is C24H25FN2O6. The number of esters is 2. The van der Waals surface area contributed by atoms with Gasteiger partial charge in [0.1, 0.15) is 5.82 Å². The molecule has 2 aromatic rings. The lowest BCUT2D eigenvalue weighted by Gasteiger charge is -2.31. The topological polar surface area (TPSA) is 102 Å². The summed E-state index contributed by atoms with van der Waals surface area (Å²) in [5, 5.41) is 2.62. The first-order chi connectivity index (χ1) is 15.8. The van der Waals surface area contributed by atoms with Gasteiger partial charge in [-0.2, -0.15) is 0 Å². The van der Waals surface area contributed by atoms with Crippen LogP contribution in [0, 0.1) is 18.7 Å². The van der Waals surface area contributed by atoms with Gasteiger partial charge >= 0.3 is 11.9 Å². The second-order valence-corrected chi connectivity index (χ2v) is 7.77. The monoisotopic (exact) mass is 456 g/mol. The molecule has 1 atom stereocenters. The Hall–Kier alpha value is -3.75. The van der Waals surface area contributed by atoms with Crippen LogP contribution in [0.3, 0.4) is 0 Å². The average Bonchev–Trinajstić information content (AvgIpc) is 2.83. The van der Waals surface area contributed by atoms with Gasteiger partial charge in [0.05, 0.1) is 18.6 Å². The number of benzene rings is 2. The van der Waals surface area contributed by atoms with Crippen molar-refractivity contribution in [2.75, 3.05) is 32.1 Å². The molecule has 1 saturated heterocycles. The van der Waals surface area contributed by atoms with Gasteiger partial charge in [-0.15, -0.1) is 0 Å². The number of piperidine rings is 1. The van der Waals surface area contributed by atoms with E-state index in [4.69, 9.17) is 4.74 Å². The quantitative estimate of drug-likeness (QED) is 0.671.